The Morgan fingerprint density at radius 1 is 1.09 bits per heavy atom. The Kier molecular flexibility index (Phi) is 9.54. The Bertz CT molecular complexity index is 1080. The third-order valence-electron chi connectivity index (χ3n) is 5.74. The summed E-state index contributed by atoms with van der Waals surface area (Å²) in [5.41, 5.74) is 0.157. The highest BCUT2D eigenvalue weighted by Gasteiger charge is 2.25. The van der Waals surface area contributed by atoms with Gasteiger partial charge in [-0.05, 0) is 31.9 Å². The van der Waals surface area contributed by atoms with E-state index in [0.29, 0.717) is 45.0 Å². The number of aromatic nitrogens is 1. The lowest BCUT2D eigenvalue weighted by molar-refractivity contribution is -0.182. The summed E-state index contributed by atoms with van der Waals surface area (Å²) in [6.07, 6.45) is 5.61. The number of hydroxylamine groups is 1. The number of hydrogen-bond acceptors (Lipinski definition) is 10. The summed E-state index contributed by atoms with van der Waals surface area (Å²) in [5.74, 6) is 0.00486. The van der Waals surface area contributed by atoms with E-state index in [1.807, 2.05) is 11.8 Å². The molecule has 2 heterocycles. The molecule has 1 unspecified atom stereocenters. The van der Waals surface area contributed by atoms with Crippen LogP contribution < -0.4 is 21.5 Å². The highest BCUT2D eigenvalue weighted by molar-refractivity contribution is 7.88. The first kappa shape index (κ1) is 26.2. The number of nitrogens with one attached hydrogen (secondary N) is 2. The zero-order valence-electron chi connectivity index (χ0n) is 19.7. The third kappa shape index (κ3) is 7.06. The molecule has 0 radical (unpaired) electrons. The first-order chi connectivity index (χ1) is 16.3. The molecule has 12 heteroatoms. The van der Waals surface area contributed by atoms with Crippen molar-refractivity contribution in [1.82, 2.24) is 14.4 Å². The van der Waals surface area contributed by atoms with Crippen LogP contribution in [-0.4, -0.2) is 74.6 Å². The maximum Gasteiger partial charge on any atom is 0.253 e. The van der Waals surface area contributed by atoms with Crippen molar-refractivity contribution in [2.45, 2.75) is 38.8 Å². The van der Waals surface area contributed by atoms with Crippen LogP contribution in [0.3, 0.4) is 0 Å². The van der Waals surface area contributed by atoms with Crippen molar-refractivity contribution in [1.29, 1.82) is 0 Å². The van der Waals surface area contributed by atoms with E-state index in [9.17, 15) is 18.0 Å². The van der Waals surface area contributed by atoms with Crippen LogP contribution in [0.15, 0.2) is 34.1 Å². The van der Waals surface area contributed by atoms with Crippen LogP contribution in [0.2, 0.25) is 0 Å². The molecule has 2 N–H and O–H groups in total. The minimum atomic E-state index is -3.51. The highest BCUT2D eigenvalue weighted by atomic mass is 32.2. The van der Waals surface area contributed by atoms with Crippen LogP contribution in [-0.2, 0) is 19.6 Å². The largest absolute Gasteiger partial charge is 0.380 e. The summed E-state index contributed by atoms with van der Waals surface area (Å²) >= 11 is 0. The van der Waals surface area contributed by atoms with Gasteiger partial charge in [-0.3, -0.25) is 24.3 Å². The van der Waals surface area contributed by atoms with Crippen molar-refractivity contribution in [2.24, 2.45) is 0 Å². The molecule has 1 aliphatic heterocycles. The smallest absolute Gasteiger partial charge is 0.253 e. The molecular formula is C22H33N5O6S. The summed E-state index contributed by atoms with van der Waals surface area (Å²) in [7, 11) is -2.08. The second kappa shape index (κ2) is 12.4. The van der Waals surface area contributed by atoms with Gasteiger partial charge in [-0.2, -0.15) is 0 Å². The van der Waals surface area contributed by atoms with E-state index >= 15 is 0 Å². The van der Waals surface area contributed by atoms with Crippen LogP contribution >= 0.6 is 0 Å². The lowest BCUT2D eigenvalue weighted by Crippen LogP contribution is -2.46. The summed E-state index contributed by atoms with van der Waals surface area (Å²) in [6.45, 7) is 5.00. The molecule has 1 saturated heterocycles. The van der Waals surface area contributed by atoms with Crippen molar-refractivity contribution in [2.75, 3.05) is 56.3 Å². The van der Waals surface area contributed by atoms with Gasteiger partial charge in [0.25, 0.3) is 10.9 Å². The predicted octanol–water partition coefficient (Wildman–Crippen LogP) is 1.26. The minimum absolute atomic E-state index is 0.00486. The maximum absolute atomic E-state index is 12.5. The maximum atomic E-state index is 12.5. The van der Waals surface area contributed by atoms with E-state index in [-0.39, 0.29) is 23.4 Å². The topological polar surface area (TPSA) is 130 Å². The average molecular weight is 496 g/mol. The van der Waals surface area contributed by atoms with Gasteiger partial charge in [-0.15, -0.1) is 0 Å². The van der Waals surface area contributed by atoms with Gasteiger partial charge in [-0.25, -0.2) is 8.42 Å². The molecule has 0 amide bonds. The molecule has 0 spiro atoms. The first-order valence-corrected chi connectivity index (χ1v) is 13.1. The SMILES string of the molecule is CC(ON(C)S(=O)(=O)CCCCCCNc1c(Nc2ccncc2)c(=O)c1=O)N1CCOCC1. The predicted molar refractivity (Wildman–Crippen MR) is 130 cm³/mol. The number of sulfonamides is 1. The molecule has 0 aliphatic carbocycles. The quantitative estimate of drug-likeness (QED) is 0.224. The zero-order valence-corrected chi connectivity index (χ0v) is 20.5. The highest BCUT2D eigenvalue weighted by Crippen LogP contribution is 2.20. The van der Waals surface area contributed by atoms with Crippen molar-refractivity contribution < 1.29 is 18.0 Å². The molecule has 34 heavy (non-hydrogen) atoms. The molecule has 2 aromatic rings. The minimum Gasteiger partial charge on any atom is -0.380 e. The summed E-state index contributed by atoms with van der Waals surface area (Å²) < 4.78 is 31.2. The van der Waals surface area contributed by atoms with Gasteiger partial charge in [0.1, 0.15) is 17.6 Å². The molecule has 188 valence electrons. The first-order valence-electron chi connectivity index (χ1n) is 11.5. The zero-order chi connectivity index (χ0) is 24.6. The molecule has 0 saturated carbocycles. The molecule has 1 aromatic carbocycles. The van der Waals surface area contributed by atoms with Crippen LogP contribution in [0.4, 0.5) is 17.1 Å². The Labute approximate surface area is 199 Å². The van der Waals surface area contributed by atoms with E-state index in [1.54, 1.807) is 24.5 Å². The fourth-order valence-electron chi connectivity index (χ4n) is 3.65. The van der Waals surface area contributed by atoms with Gasteiger partial charge in [0.2, 0.25) is 10.0 Å². The lowest BCUT2D eigenvalue weighted by Gasteiger charge is -2.33. The summed E-state index contributed by atoms with van der Waals surface area (Å²) in [6, 6.07) is 3.42. The van der Waals surface area contributed by atoms with Gasteiger partial charge < -0.3 is 15.4 Å². The van der Waals surface area contributed by atoms with Crippen LogP contribution in [0.5, 0.6) is 0 Å². The van der Waals surface area contributed by atoms with E-state index in [4.69, 9.17) is 9.57 Å². The standard InChI is InChI=1S/C22H33N5O6S/c1-17(27-12-14-32-15-13-27)33-26(2)34(30,31)16-6-4-3-5-9-24-19-20(22(29)21(19)28)25-18-7-10-23-11-8-18/h7-8,10-11,17,24H,3-6,9,12-16H2,1-2H3,(H,23,25). The second-order valence-corrected chi connectivity index (χ2v) is 10.3. The summed E-state index contributed by atoms with van der Waals surface area (Å²) in [5, 5.41) is 5.96. The number of pyridine rings is 1. The fourth-order valence-corrected chi connectivity index (χ4v) is 4.73. The number of rotatable bonds is 14. The Morgan fingerprint density at radius 3 is 2.44 bits per heavy atom. The molecular weight excluding hydrogens is 462 g/mol. The van der Waals surface area contributed by atoms with E-state index in [2.05, 4.69) is 15.6 Å². The van der Waals surface area contributed by atoms with E-state index in [1.165, 1.54) is 7.05 Å². The van der Waals surface area contributed by atoms with Crippen molar-refractivity contribution in [3.05, 3.63) is 45.0 Å². The van der Waals surface area contributed by atoms with E-state index < -0.39 is 20.9 Å². The third-order valence-corrected chi connectivity index (χ3v) is 7.42. The fraction of sp³-hybridized carbons (Fsp3) is 0.591. The van der Waals surface area contributed by atoms with Gasteiger partial charge in [0, 0.05) is 44.8 Å². The number of ether oxygens (including phenoxy) is 1. The number of anilines is 3. The van der Waals surface area contributed by atoms with Gasteiger partial charge >= 0.3 is 0 Å². The van der Waals surface area contributed by atoms with E-state index in [0.717, 1.165) is 23.7 Å². The monoisotopic (exact) mass is 495 g/mol. The number of nitrogens with zero attached hydrogens (tertiary/aromatic N) is 3. The number of hydrogen-bond donors (Lipinski definition) is 2. The molecule has 3 rings (SSSR count). The molecule has 1 fully saturated rings. The second-order valence-electron chi connectivity index (χ2n) is 8.19. The Morgan fingerprint density at radius 2 is 1.74 bits per heavy atom. The van der Waals surface area contributed by atoms with Gasteiger partial charge in [0.05, 0.1) is 19.0 Å². The van der Waals surface area contributed by atoms with Crippen molar-refractivity contribution in [3.63, 3.8) is 0 Å². The Balaban J connectivity index is 1.33. The Hall–Kier alpha value is -2.38. The van der Waals surface area contributed by atoms with Crippen LogP contribution in [0.1, 0.15) is 32.6 Å². The van der Waals surface area contributed by atoms with Gasteiger partial charge in [0.15, 0.2) is 0 Å². The normalized spacial score (nSPS) is 16.1. The number of unbranched alkanes of at least 4 members (excludes halogenated alkanes) is 3. The lowest BCUT2D eigenvalue weighted by atomic mass is 10.1. The molecule has 0 bridgehead atoms. The summed E-state index contributed by atoms with van der Waals surface area (Å²) in [4.78, 5) is 35.3. The molecule has 11 nitrogen and oxygen atoms in total. The molecule has 1 aromatic heterocycles. The van der Waals surface area contributed by atoms with Crippen molar-refractivity contribution in [3.8, 4) is 0 Å². The van der Waals surface area contributed by atoms with Gasteiger partial charge in [-0.1, -0.05) is 17.3 Å². The van der Waals surface area contributed by atoms with Crippen molar-refractivity contribution >= 4 is 27.1 Å². The van der Waals surface area contributed by atoms with Crippen LogP contribution in [0.25, 0.3) is 0 Å². The molecule has 1 atom stereocenters. The molecule has 1 aliphatic rings. The van der Waals surface area contributed by atoms with Crippen LogP contribution in [0, 0.1) is 0 Å². The average Bonchev–Trinajstić information content (AvgIpc) is 2.85. The number of morpholine rings is 1.